The molecule has 0 radical (unpaired) electrons. The molecule has 0 bridgehead atoms. The Labute approximate surface area is 207 Å². The third-order valence-corrected chi connectivity index (χ3v) is 6.85. The Bertz CT molecular complexity index is 907. The van der Waals surface area contributed by atoms with E-state index in [0.717, 1.165) is 26.4 Å². The number of anilines is 2. The molecular weight excluding hydrogens is 416 g/mol. The van der Waals surface area contributed by atoms with Crippen molar-refractivity contribution in [3.05, 3.63) is 84.5 Å². The van der Waals surface area contributed by atoms with Crippen LogP contribution in [-0.4, -0.2) is 36.2 Å². The van der Waals surface area contributed by atoms with E-state index in [0.29, 0.717) is 0 Å². The summed E-state index contributed by atoms with van der Waals surface area (Å²) in [6, 6.07) is 18.0. The Morgan fingerprint density at radius 2 is 0.882 bits per heavy atom. The maximum absolute atomic E-state index is 2.42. The van der Waals surface area contributed by atoms with Gasteiger partial charge in [-0.3, -0.25) is 0 Å². The normalized spacial score (nSPS) is 16.3. The molecule has 0 saturated carbocycles. The molecule has 2 aliphatic rings. The second-order valence-electron chi connectivity index (χ2n) is 11.7. The van der Waals surface area contributed by atoms with E-state index in [-0.39, 0.29) is 10.8 Å². The molecule has 2 aromatic carbocycles. The van der Waals surface area contributed by atoms with Crippen LogP contribution < -0.4 is 9.80 Å². The highest BCUT2D eigenvalue weighted by Crippen LogP contribution is 2.28. The lowest BCUT2D eigenvalue weighted by Gasteiger charge is -2.24. The van der Waals surface area contributed by atoms with Crippen LogP contribution in [0.2, 0.25) is 0 Å². The topological polar surface area (TPSA) is 13.0 Å². The fourth-order valence-electron chi connectivity index (χ4n) is 4.49. The van der Waals surface area contributed by atoms with Crippen molar-refractivity contribution >= 4 is 11.4 Å². The van der Waals surface area contributed by atoms with Gasteiger partial charge in [0.2, 0.25) is 0 Å². The van der Waals surface area contributed by atoms with Gasteiger partial charge < -0.3 is 19.6 Å². The van der Waals surface area contributed by atoms with Gasteiger partial charge in [-0.2, -0.15) is 0 Å². The molecule has 4 nitrogen and oxygen atoms in total. The van der Waals surface area contributed by atoms with Crippen molar-refractivity contribution in [2.24, 2.45) is 0 Å². The molecule has 4 rings (SSSR count). The summed E-state index contributed by atoms with van der Waals surface area (Å²) in [5.41, 5.74) is 5.70. The monoisotopic (exact) mass is 458 g/mol. The third kappa shape index (κ3) is 5.97. The Morgan fingerprint density at radius 1 is 0.529 bits per heavy atom. The van der Waals surface area contributed by atoms with Crippen LogP contribution in [0, 0.1) is 0 Å². The highest BCUT2D eigenvalue weighted by atomic mass is 15.3. The zero-order chi connectivity index (χ0) is 24.3. The molecule has 0 aromatic heterocycles. The minimum absolute atomic E-state index is 0.198. The first-order chi connectivity index (χ1) is 16.1. The fourth-order valence-corrected chi connectivity index (χ4v) is 4.49. The van der Waals surface area contributed by atoms with E-state index in [1.165, 1.54) is 35.3 Å². The molecule has 2 heterocycles. The lowest BCUT2D eigenvalue weighted by Crippen LogP contribution is -2.28. The third-order valence-electron chi connectivity index (χ3n) is 6.85. The fraction of sp³-hybridized carbons (Fsp3) is 0.467. The Morgan fingerprint density at radius 3 is 1.21 bits per heavy atom. The van der Waals surface area contributed by atoms with Gasteiger partial charge >= 0.3 is 0 Å². The van der Waals surface area contributed by atoms with E-state index in [1.807, 2.05) is 0 Å². The predicted octanol–water partition coefficient (Wildman–Crippen LogP) is 6.86. The van der Waals surface area contributed by atoms with Crippen LogP contribution in [0.4, 0.5) is 11.4 Å². The highest BCUT2D eigenvalue weighted by molar-refractivity contribution is 5.52. The van der Waals surface area contributed by atoms with Crippen molar-refractivity contribution < 1.29 is 0 Å². The number of hydrogen-bond acceptors (Lipinski definition) is 4. The SMILES string of the molecule is CC(C)(C)c1ccc(N2C=CN(CCCCN3C=CN(c4ccc(C(C)(C)C)cc4)C3)C2)cc1. The Kier molecular flexibility index (Phi) is 6.97. The van der Waals surface area contributed by atoms with Crippen molar-refractivity contribution in [3.63, 3.8) is 0 Å². The second-order valence-corrected chi connectivity index (χ2v) is 11.7. The first kappa shape index (κ1) is 24.3. The summed E-state index contributed by atoms with van der Waals surface area (Å²) in [4.78, 5) is 9.50. The Balaban J connectivity index is 1.16. The molecule has 0 atom stereocenters. The summed E-state index contributed by atoms with van der Waals surface area (Å²) < 4.78 is 0. The summed E-state index contributed by atoms with van der Waals surface area (Å²) in [6.07, 6.45) is 11.3. The maximum Gasteiger partial charge on any atom is 0.0941 e. The highest BCUT2D eigenvalue weighted by Gasteiger charge is 2.18. The molecule has 182 valence electrons. The first-order valence-electron chi connectivity index (χ1n) is 12.7. The van der Waals surface area contributed by atoms with Gasteiger partial charge in [-0.15, -0.1) is 0 Å². The van der Waals surface area contributed by atoms with Crippen LogP contribution in [0.5, 0.6) is 0 Å². The molecular formula is C30H42N4. The lowest BCUT2D eigenvalue weighted by molar-refractivity contribution is 0.354. The van der Waals surface area contributed by atoms with E-state index in [1.54, 1.807) is 0 Å². The largest absolute Gasteiger partial charge is 0.358 e. The van der Waals surface area contributed by atoms with Gasteiger partial charge in [0.05, 0.1) is 13.3 Å². The summed E-state index contributed by atoms with van der Waals surface area (Å²) >= 11 is 0. The molecule has 2 aliphatic heterocycles. The molecule has 2 aromatic rings. The first-order valence-corrected chi connectivity index (χ1v) is 12.7. The summed E-state index contributed by atoms with van der Waals surface area (Å²) in [7, 11) is 0. The average molecular weight is 459 g/mol. The lowest BCUT2D eigenvalue weighted by atomic mass is 9.87. The minimum Gasteiger partial charge on any atom is -0.358 e. The number of nitrogens with zero attached hydrogens (tertiary/aromatic N) is 4. The molecule has 34 heavy (non-hydrogen) atoms. The second kappa shape index (κ2) is 9.77. The molecule has 4 heteroatoms. The average Bonchev–Trinajstić information content (AvgIpc) is 3.46. The van der Waals surface area contributed by atoms with Crippen LogP contribution in [0.3, 0.4) is 0 Å². The van der Waals surface area contributed by atoms with Gasteiger partial charge in [-0.1, -0.05) is 65.8 Å². The minimum atomic E-state index is 0.198. The van der Waals surface area contributed by atoms with Crippen molar-refractivity contribution in [3.8, 4) is 0 Å². The van der Waals surface area contributed by atoms with Crippen LogP contribution in [0.1, 0.15) is 65.5 Å². The van der Waals surface area contributed by atoms with Crippen molar-refractivity contribution in [2.45, 2.75) is 65.2 Å². The standard InChI is InChI=1S/C30H42N4/c1-29(2,3)25-9-13-27(14-10-25)33-21-19-31(23-33)17-7-8-18-32-20-22-34(24-32)28-15-11-26(12-16-28)30(4,5)6/h9-16,19-22H,7-8,17-18,23-24H2,1-6H3. The smallest absolute Gasteiger partial charge is 0.0941 e. The van der Waals surface area contributed by atoms with Gasteiger partial charge in [0.1, 0.15) is 0 Å². The molecule has 0 N–H and O–H groups in total. The number of benzene rings is 2. The molecule has 0 unspecified atom stereocenters. The number of rotatable bonds is 7. The molecule has 0 spiro atoms. The van der Waals surface area contributed by atoms with Gasteiger partial charge in [-0.05, 0) is 59.1 Å². The van der Waals surface area contributed by atoms with Crippen LogP contribution in [0.15, 0.2) is 73.3 Å². The van der Waals surface area contributed by atoms with E-state index < -0.39 is 0 Å². The maximum atomic E-state index is 2.42. The Hall–Kier alpha value is -2.88. The summed E-state index contributed by atoms with van der Waals surface area (Å²) in [5, 5.41) is 0. The predicted molar refractivity (Wildman–Crippen MR) is 146 cm³/mol. The van der Waals surface area contributed by atoms with Gasteiger partial charge in [0.15, 0.2) is 0 Å². The van der Waals surface area contributed by atoms with Crippen LogP contribution >= 0.6 is 0 Å². The zero-order valence-corrected chi connectivity index (χ0v) is 22.0. The van der Waals surface area contributed by atoms with E-state index in [4.69, 9.17) is 0 Å². The van der Waals surface area contributed by atoms with E-state index >= 15 is 0 Å². The molecule has 0 fully saturated rings. The molecule has 0 amide bonds. The molecule has 0 saturated heterocycles. The van der Waals surface area contributed by atoms with Crippen LogP contribution in [0.25, 0.3) is 0 Å². The van der Waals surface area contributed by atoms with E-state index in [2.05, 4.69) is 134 Å². The number of hydrogen-bond donors (Lipinski definition) is 0. The summed E-state index contributed by atoms with van der Waals surface area (Å²) in [5.74, 6) is 0. The van der Waals surface area contributed by atoms with E-state index in [9.17, 15) is 0 Å². The number of unbranched alkanes of at least 4 members (excludes halogenated alkanes) is 1. The van der Waals surface area contributed by atoms with Crippen molar-refractivity contribution in [1.82, 2.24) is 9.80 Å². The van der Waals surface area contributed by atoms with Gasteiger partial charge in [-0.25, -0.2) is 0 Å². The molecule has 0 aliphatic carbocycles. The van der Waals surface area contributed by atoms with Crippen LogP contribution in [-0.2, 0) is 10.8 Å². The quantitative estimate of drug-likeness (QED) is 0.420. The summed E-state index contributed by atoms with van der Waals surface area (Å²) in [6.45, 7) is 17.7. The van der Waals surface area contributed by atoms with Gasteiger partial charge in [0.25, 0.3) is 0 Å². The zero-order valence-electron chi connectivity index (χ0n) is 22.0. The van der Waals surface area contributed by atoms with Gasteiger partial charge in [0, 0.05) is 49.3 Å². The van der Waals surface area contributed by atoms with Crippen molar-refractivity contribution in [2.75, 3.05) is 36.2 Å². The van der Waals surface area contributed by atoms with Crippen molar-refractivity contribution in [1.29, 1.82) is 0 Å².